The van der Waals surface area contributed by atoms with E-state index in [1.165, 1.54) is 13.2 Å². The summed E-state index contributed by atoms with van der Waals surface area (Å²) in [6, 6.07) is 5.85. The number of anilines is 1. The smallest absolute Gasteiger partial charge is 0.257 e. The van der Waals surface area contributed by atoms with Crippen LogP contribution in [0.3, 0.4) is 0 Å². The minimum absolute atomic E-state index is 0.0160. The molecule has 0 unspecified atom stereocenters. The average molecular weight is 633 g/mol. The van der Waals surface area contributed by atoms with Gasteiger partial charge < -0.3 is 29.3 Å². The van der Waals surface area contributed by atoms with Gasteiger partial charge in [-0.15, -0.1) is 0 Å². The van der Waals surface area contributed by atoms with E-state index in [2.05, 4.69) is 5.32 Å². The van der Waals surface area contributed by atoms with Gasteiger partial charge in [-0.2, -0.15) is 0 Å². The van der Waals surface area contributed by atoms with Gasteiger partial charge in [-0.25, -0.2) is 4.39 Å². The van der Waals surface area contributed by atoms with Crippen molar-refractivity contribution in [2.75, 3.05) is 45.7 Å². The molecule has 2 aliphatic rings. The van der Waals surface area contributed by atoms with Gasteiger partial charge in [0.2, 0.25) is 11.3 Å². The maximum Gasteiger partial charge on any atom is 0.257 e. The normalized spacial score (nSPS) is 18.8. The van der Waals surface area contributed by atoms with E-state index in [9.17, 15) is 14.4 Å². The van der Waals surface area contributed by atoms with Crippen LogP contribution in [0.1, 0.15) is 48.7 Å². The third-order valence-electron chi connectivity index (χ3n) is 8.02. The van der Waals surface area contributed by atoms with Crippen LogP contribution >= 0.6 is 23.2 Å². The highest BCUT2D eigenvalue weighted by Crippen LogP contribution is 2.44. The number of benzene rings is 2. The van der Waals surface area contributed by atoms with Gasteiger partial charge in [0.1, 0.15) is 11.3 Å². The quantitative estimate of drug-likeness (QED) is 0.388. The van der Waals surface area contributed by atoms with Crippen LogP contribution in [0.2, 0.25) is 10.0 Å². The Kier molecular flexibility index (Phi) is 8.92. The number of methoxy groups -OCH3 is 1. The lowest BCUT2D eigenvalue weighted by Gasteiger charge is -2.46. The van der Waals surface area contributed by atoms with E-state index in [0.29, 0.717) is 40.8 Å². The molecule has 1 aliphatic carbocycles. The second kappa shape index (κ2) is 12.3. The third kappa shape index (κ3) is 6.18. The molecule has 1 N–H and O–H groups in total. The predicted molar refractivity (Wildman–Crippen MR) is 167 cm³/mol. The van der Waals surface area contributed by atoms with Gasteiger partial charge in [0, 0.05) is 54.0 Å². The number of piperazine rings is 1. The van der Waals surface area contributed by atoms with Crippen LogP contribution in [0, 0.1) is 5.82 Å². The van der Waals surface area contributed by atoms with Crippen molar-refractivity contribution in [3.8, 4) is 5.75 Å². The molecule has 0 radical (unpaired) electrons. The molecule has 2 atom stereocenters. The number of ether oxygens (including phenoxy) is 1. The molecule has 5 rings (SSSR count). The number of hydrogen-bond acceptors (Lipinski definition) is 6. The van der Waals surface area contributed by atoms with E-state index >= 15 is 4.39 Å². The third-order valence-corrected chi connectivity index (χ3v) is 8.60. The van der Waals surface area contributed by atoms with Crippen molar-refractivity contribution in [3.05, 3.63) is 67.7 Å². The van der Waals surface area contributed by atoms with E-state index in [4.69, 9.17) is 27.9 Å². The van der Waals surface area contributed by atoms with Crippen molar-refractivity contribution in [1.82, 2.24) is 19.7 Å². The van der Waals surface area contributed by atoms with E-state index in [-0.39, 0.29) is 53.0 Å². The Bertz CT molecular complexity index is 1630. The lowest BCUT2D eigenvalue weighted by Crippen LogP contribution is -2.60. The molecule has 12 heteroatoms. The zero-order chi connectivity index (χ0) is 31.2. The van der Waals surface area contributed by atoms with Crippen LogP contribution in [0.5, 0.6) is 5.75 Å². The van der Waals surface area contributed by atoms with Gasteiger partial charge >= 0.3 is 0 Å². The number of aromatic nitrogens is 1. The minimum atomic E-state index is -0.623. The summed E-state index contributed by atoms with van der Waals surface area (Å²) in [4.78, 5) is 45.5. The predicted octanol–water partition coefficient (Wildman–Crippen LogP) is 4.71. The number of rotatable bonds is 8. The van der Waals surface area contributed by atoms with Crippen molar-refractivity contribution < 1.29 is 18.7 Å². The second-order valence-electron chi connectivity index (χ2n) is 11.7. The molecule has 1 aliphatic heterocycles. The first-order valence-electron chi connectivity index (χ1n) is 14.3. The number of nitrogens with zero attached hydrogens (tertiary/aromatic N) is 4. The van der Waals surface area contributed by atoms with E-state index in [0.717, 1.165) is 12.8 Å². The first-order valence-corrected chi connectivity index (χ1v) is 15.0. The highest BCUT2D eigenvalue weighted by molar-refractivity contribution is 6.35. The molecule has 2 amide bonds. The number of hydrogen-bond donors (Lipinski definition) is 1. The Balaban J connectivity index is 1.52. The molecule has 43 heavy (non-hydrogen) atoms. The molecule has 3 aromatic rings. The van der Waals surface area contributed by atoms with Crippen LogP contribution in [0.25, 0.3) is 10.9 Å². The first kappa shape index (κ1) is 31.1. The fourth-order valence-electron chi connectivity index (χ4n) is 6.02. The average Bonchev–Trinajstić information content (AvgIpc) is 3.77. The molecule has 2 heterocycles. The zero-order valence-electron chi connectivity index (χ0n) is 24.9. The van der Waals surface area contributed by atoms with E-state index in [1.807, 2.05) is 47.2 Å². The van der Waals surface area contributed by atoms with Crippen molar-refractivity contribution in [2.24, 2.45) is 0 Å². The van der Waals surface area contributed by atoms with Gasteiger partial charge in [0.15, 0.2) is 11.6 Å². The summed E-state index contributed by atoms with van der Waals surface area (Å²) in [6.07, 6.45) is 3.26. The molecule has 0 bridgehead atoms. The monoisotopic (exact) mass is 631 g/mol. The van der Waals surface area contributed by atoms with Crippen molar-refractivity contribution in [1.29, 1.82) is 0 Å². The highest BCUT2D eigenvalue weighted by Gasteiger charge is 2.37. The van der Waals surface area contributed by atoms with Gasteiger partial charge in [-0.3, -0.25) is 14.4 Å². The lowest BCUT2D eigenvalue weighted by molar-refractivity contribution is -0.136. The SMILES string of the molecule is COc1c(N2C[C@@H](C)N(C(=O)CN(C)C)[C@@H](C)C2)c(F)cc2c(=O)c(C(=O)NCc3ccc(Cl)cc3Cl)cn(C3CC3)c12. The maximum atomic E-state index is 16.1. The number of likely N-dealkylation sites (N-methyl/N-ethyl adjacent to an activating group) is 1. The molecule has 230 valence electrons. The van der Waals surface area contributed by atoms with Crippen molar-refractivity contribution in [2.45, 2.75) is 51.4 Å². The molecule has 1 aromatic heterocycles. The second-order valence-corrected chi connectivity index (χ2v) is 12.6. The molecule has 0 spiro atoms. The standard InChI is InChI=1S/C31H36Cl2FN5O4/c1-17-13-37(14-18(2)39(17)26(40)16-36(3)4)28-25(34)11-22-27(30(28)43-5)38(21-8-9-21)15-23(29(22)41)31(42)35-12-19-6-7-20(32)10-24(19)33/h6-7,10-11,15,17-18,21H,8-9,12-14,16H2,1-5H3,(H,35,42)/t17-,18+. The molecular formula is C31H36Cl2FN5O4. The number of carbonyl (C=O) groups excluding carboxylic acids is 2. The largest absolute Gasteiger partial charge is 0.492 e. The summed E-state index contributed by atoms with van der Waals surface area (Å²) in [5.74, 6) is -0.951. The van der Waals surface area contributed by atoms with E-state index < -0.39 is 17.2 Å². The zero-order valence-corrected chi connectivity index (χ0v) is 26.4. The number of nitrogens with one attached hydrogen (secondary N) is 1. The summed E-state index contributed by atoms with van der Waals surface area (Å²) < 4.78 is 23.8. The number of amides is 2. The van der Waals surface area contributed by atoms with Crippen LogP contribution in [-0.4, -0.2) is 79.1 Å². The summed E-state index contributed by atoms with van der Waals surface area (Å²) in [5.41, 5.74) is 0.670. The summed E-state index contributed by atoms with van der Waals surface area (Å²) >= 11 is 12.2. The molecule has 2 fully saturated rings. The van der Waals surface area contributed by atoms with Crippen LogP contribution in [-0.2, 0) is 11.3 Å². The molecular weight excluding hydrogens is 596 g/mol. The summed E-state index contributed by atoms with van der Waals surface area (Å²) in [7, 11) is 5.16. The van der Waals surface area contributed by atoms with E-state index in [1.54, 1.807) is 24.4 Å². The number of carbonyl (C=O) groups is 2. The van der Waals surface area contributed by atoms with Gasteiger partial charge in [-0.05, 0) is 64.5 Å². The molecule has 9 nitrogen and oxygen atoms in total. The Labute approximate surface area is 260 Å². The van der Waals surface area contributed by atoms with Crippen molar-refractivity contribution >= 4 is 51.6 Å². The summed E-state index contributed by atoms with van der Waals surface area (Å²) in [6.45, 7) is 5.06. The van der Waals surface area contributed by atoms with Crippen LogP contribution in [0.4, 0.5) is 10.1 Å². The highest BCUT2D eigenvalue weighted by atomic mass is 35.5. The fraction of sp³-hybridized carbons (Fsp3) is 0.452. The topological polar surface area (TPSA) is 87.1 Å². The minimum Gasteiger partial charge on any atom is -0.492 e. The van der Waals surface area contributed by atoms with Crippen LogP contribution < -0.4 is 20.4 Å². The molecule has 2 aromatic carbocycles. The molecule has 1 saturated heterocycles. The summed E-state index contributed by atoms with van der Waals surface area (Å²) in [5, 5.41) is 3.70. The maximum absolute atomic E-state index is 16.1. The number of fused-ring (bicyclic) bond motifs is 1. The van der Waals surface area contributed by atoms with Gasteiger partial charge in [0.05, 0.1) is 24.6 Å². The fourth-order valence-corrected chi connectivity index (χ4v) is 6.49. The Morgan fingerprint density at radius 2 is 1.79 bits per heavy atom. The Morgan fingerprint density at radius 1 is 1.12 bits per heavy atom. The number of pyridine rings is 1. The van der Waals surface area contributed by atoms with Gasteiger partial charge in [0.25, 0.3) is 5.91 Å². The van der Waals surface area contributed by atoms with Crippen molar-refractivity contribution in [3.63, 3.8) is 0 Å². The Morgan fingerprint density at radius 3 is 2.37 bits per heavy atom. The van der Waals surface area contributed by atoms with Crippen LogP contribution in [0.15, 0.2) is 35.3 Å². The van der Waals surface area contributed by atoms with Gasteiger partial charge in [-0.1, -0.05) is 29.3 Å². The number of halogens is 3. The first-order chi connectivity index (χ1) is 20.4. The lowest BCUT2D eigenvalue weighted by atomic mass is 10.0. The molecule has 1 saturated carbocycles. The Hall–Kier alpha value is -3.34.